The number of carbonyl (C=O) groups is 3. The average molecular weight is 551 g/mol. The van der Waals surface area contributed by atoms with Crippen LogP contribution in [0.4, 0.5) is 13.2 Å². The SMILES string of the molecule is Cc1ccc(S(=O)(=O)N(CCCN2CCCC2=O)CC(=O)N2CCNCC2)cc1C.O=C(O)C(F)(F)F. The van der Waals surface area contributed by atoms with Gasteiger partial charge in [0.15, 0.2) is 0 Å². The summed E-state index contributed by atoms with van der Waals surface area (Å²) in [5, 5.41) is 10.3. The Morgan fingerprint density at radius 1 is 1.11 bits per heavy atom. The van der Waals surface area contributed by atoms with Gasteiger partial charge in [0.2, 0.25) is 21.8 Å². The third-order valence-electron chi connectivity index (χ3n) is 6.15. The van der Waals surface area contributed by atoms with Crippen LogP contribution >= 0.6 is 0 Å². The number of aryl methyl sites for hydroxylation is 2. The number of piperazine rings is 1. The third kappa shape index (κ3) is 8.97. The number of benzene rings is 1. The Morgan fingerprint density at radius 3 is 2.24 bits per heavy atom. The van der Waals surface area contributed by atoms with Gasteiger partial charge in [0.1, 0.15) is 0 Å². The molecule has 14 heteroatoms. The molecule has 2 N–H and O–H groups in total. The summed E-state index contributed by atoms with van der Waals surface area (Å²) in [6.45, 7) is 7.67. The zero-order chi connectivity index (χ0) is 27.8. The molecule has 0 spiro atoms. The minimum atomic E-state index is -5.08. The first-order chi connectivity index (χ1) is 17.2. The summed E-state index contributed by atoms with van der Waals surface area (Å²) in [5.74, 6) is -2.82. The Labute approximate surface area is 214 Å². The first-order valence-electron chi connectivity index (χ1n) is 11.9. The topological polar surface area (TPSA) is 127 Å². The number of hydrogen-bond acceptors (Lipinski definition) is 6. The number of alkyl halides is 3. The Balaban J connectivity index is 0.000000604. The number of carbonyl (C=O) groups excluding carboxylic acids is 2. The zero-order valence-corrected chi connectivity index (χ0v) is 21.7. The molecule has 0 bridgehead atoms. The highest BCUT2D eigenvalue weighted by Gasteiger charge is 2.38. The van der Waals surface area contributed by atoms with E-state index in [1.54, 1.807) is 28.0 Å². The summed E-state index contributed by atoms with van der Waals surface area (Å²) in [4.78, 5) is 37.2. The van der Waals surface area contributed by atoms with Gasteiger partial charge < -0.3 is 20.2 Å². The molecular formula is C23H33F3N4O6S. The number of aliphatic carboxylic acids is 1. The second-order valence-corrected chi connectivity index (χ2v) is 10.8. The van der Waals surface area contributed by atoms with Gasteiger partial charge in [-0.25, -0.2) is 13.2 Å². The molecule has 2 aliphatic rings. The monoisotopic (exact) mass is 550 g/mol. The lowest BCUT2D eigenvalue weighted by Crippen LogP contribution is -2.50. The van der Waals surface area contributed by atoms with Crippen LogP contribution in [0.2, 0.25) is 0 Å². The molecule has 2 saturated heterocycles. The van der Waals surface area contributed by atoms with Gasteiger partial charge in [0, 0.05) is 52.2 Å². The van der Waals surface area contributed by atoms with Crippen molar-refractivity contribution in [1.82, 2.24) is 19.4 Å². The molecule has 1 aromatic rings. The molecule has 0 aliphatic carbocycles. The van der Waals surface area contributed by atoms with E-state index in [-0.39, 0.29) is 29.8 Å². The highest BCUT2D eigenvalue weighted by molar-refractivity contribution is 7.89. The van der Waals surface area contributed by atoms with E-state index in [1.165, 1.54) is 4.31 Å². The minimum Gasteiger partial charge on any atom is -0.475 e. The van der Waals surface area contributed by atoms with E-state index in [0.29, 0.717) is 45.6 Å². The van der Waals surface area contributed by atoms with Gasteiger partial charge in [0.25, 0.3) is 0 Å². The van der Waals surface area contributed by atoms with E-state index < -0.39 is 22.2 Å². The largest absolute Gasteiger partial charge is 0.490 e. The van der Waals surface area contributed by atoms with Crippen molar-refractivity contribution in [1.29, 1.82) is 0 Å². The third-order valence-corrected chi connectivity index (χ3v) is 7.99. The summed E-state index contributed by atoms with van der Waals surface area (Å²) in [6, 6.07) is 5.06. The van der Waals surface area contributed by atoms with Crippen LogP contribution in [0, 0.1) is 13.8 Å². The number of sulfonamides is 1. The molecule has 0 unspecified atom stereocenters. The Hall–Kier alpha value is -2.71. The van der Waals surface area contributed by atoms with Gasteiger partial charge in [-0.2, -0.15) is 17.5 Å². The number of hydrogen-bond donors (Lipinski definition) is 2. The second-order valence-electron chi connectivity index (χ2n) is 8.86. The highest BCUT2D eigenvalue weighted by atomic mass is 32.2. The van der Waals surface area contributed by atoms with E-state index in [4.69, 9.17) is 9.90 Å². The van der Waals surface area contributed by atoms with Crippen molar-refractivity contribution < 1.29 is 41.1 Å². The lowest BCUT2D eigenvalue weighted by Gasteiger charge is -2.30. The fourth-order valence-corrected chi connectivity index (χ4v) is 5.36. The smallest absolute Gasteiger partial charge is 0.475 e. The molecule has 2 heterocycles. The maximum absolute atomic E-state index is 13.4. The molecule has 0 saturated carbocycles. The van der Waals surface area contributed by atoms with Crippen molar-refractivity contribution in [2.45, 2.75) is 44.2 Å². The number of carboxylic acids is 1. The second kappa shape index (κ2) is 13.2. The van der Waals surface area contributed by atoms with Crippen LogP contribution in [0.3, 0.4) is 0 Å². The maximum Gasteiger partial charge on any atom is 0.490 e. The summed E-state index contributed by atoms with van der Waals surface area (Å²) < 4.78 is 59.8. The molecule has 208 valence electrons. The molecule has 1 aromatic carbocycles. The molecule has 3 rings (SSSR count). The fourth-order valence-electron chi connectivity index (χ4n) is 3.85. The molecule has 2 aliphatic heterocycles. The fraction of sp³-hybridized carbons (Fsp3) is 0.609. The number of amides is 2. The van der Waals surface area contributed by atoms with Crippen molar-refractivity contribution in [2.75, 3.05) is 52.4 Å². The van der Waals surface area contributed by atoms with Gasteiger partial charge in [-0.3, -0.25) is 9.59 Å². The van der Waals surface area contributed by atoms with Gasteiger partial charge in [-0.1, -0.05) is 6.07 Å². The molecule has 10 nitrogen and oxygen atoms in total. The zero-order valence-electron chi connectivity index (χ0n) is 20.9. The molecule has 0 radical (unpaired) electrons. The van der Waals surface area contributed by atoms with Gasteiger partial charge in [0.05, 0.1) is 11.4 Å². The molecular weight excluding hydrogens is 517 g/mol. The minimum absolute atomic E-state index is 0.121. The van der Waals surface area contributed by atoms with Crippen LogP contribution in [0.5, 0.6) is 0 Å². The van der Waals surface area contributed by atoms with Gasteiger partial charge in [-0.15, -0.1) is 0 Å². The number of rotatable bonds is 8. The van der Waals surface area contributed by atoms with E-state index in [9.17, 15) is 31.2 Å². The van der Waals surface area contributed by atoms with Gasteiger partial charge in [-0.05, 0) is 49.9 Å². The van der Waals surface area contributed by atoms with Crippen molar-refractivity contribution >= 4 is 27.8 Å². The number of nitrogens with zero attached hydrogens (tertiary/aromatic N) is 3. The van der Waals surface area contributed by atoms with E-state index in [2.05, 4.69) is 5.32 Å². The molecule has 0 atom stereocenters. The van der Waals surface area contributed by atoms with Crippen molar-refractivity contribution in [3.63, 3.8) is 0 Å². The standard InChI is InChI=1S/C21H32N4O4S.C2HF3O2/c1-17-6-7-19(15-18(17)2)30(28,29)25(12-4-11-23-10-3-5-20(23)26)16-21(27)24-13-8-22-9-14-24;3-2(4,5)1(6)7/h6-7,15,22H,3-5,8-14,16H2,1-2H3;(H,6,7). The quantitative estimate of drug-likeness (QED) is 0.501. The number of halogens is 3. The van der Waals surface area contributed by atoms with Crippen LogP contribution in [0.15, 0.2) is 23.1 Å². The lowest BCUT2D eigenvalue weighted by atomic mass is 10.1. The molecule has 37 heavy (non-hydrogen) atoms. The van der Waals surface area contributed by atoms with Crippen molar-refractivity contribution in [3.05, 3.63) is 29.3 Å². The Bertz CT molecular complexity index is 1070. The Kier molecular flexibility index (Phi) is 10.9. The predicted octanol–water partition coefficient (Wildman–Crippen LogP) is 1.37. The van der Waals surface area contributed by atoms with E-state index >= 15 is 0 Å². The number of likely N-dealkylation sites (tertiary alicyclic amines) is 1. The molecule has 2 amide bonds. The first-order valence-corrected chi connectivity index (χ1v) is 13.3. The molecule has 2 fully saturated rings. The van der Waals surface area contributed by atoms with Gasteiger partial charge >= 0.3 is 12.1 Å². The normalized spacial score (nSPS) is 16.5. The van der Waals surface area contributed by atoms with Crippen LogP contribution in [-0.2, 0) is 24.4 Å². The van der Waals surface area contributed by atoms with Crippen molar-refractivity contribution in [3.8, 4) is 0 Å². The number of carboxylic acid groups (broad SMARTS) is 1. The summed E-state index contributed by atoms with van der Waals surface area (Å²) in [6.07, 6.45) is -3.16. The average Bonchev–Trinajstić information content (AvgIpc) is 3.24. The molecule has 0 aromatic heterocycles. The van der Waals surface area contributed by atoms with Crippen LogP contribution in [0.1, 0.15) is 30.4 Å². The Morgan fingerprint density at radius 2 is 1.73 bits per heavy atom. The van der Waals surface area contributed by atoms with Crippen molar-refractivity contribution in [2.24, 2.45) is 0 Å². The number of nitrogens with one attached hydrogen (secondary N) is 1. The predicted molar refractivity (Wildman–Crippen MR) is 128 cm³/mol. The lowest BCUT2D eigenvalue weighted by molar-refractivity contribution is -0.192. The van der Waals surface area contributed by atoms with E-state index in [1.807, 2.05) is 13.8 Å². The van der Waals surface area contributed by atoms with Crippen LogP contribution < -0.4 is 5.32 Å². The van der Waals surface area contributed by atoms with Crippen LogP contribution in [0.25, 0.3) is 0 Å². The maximum atomic E-state index is 13.4. The summed E-state index contributed by atoms with van der Waals surface area (Å²) in [5.41, 5.74) is 1.91. The summed E-state index contributed by atoms with van der Waals surface area (Å²) >= 11 is 0. The van der Waals surface area contributed by atoms with Crippen LogP contribution in [-0.4, -0.2) is 104 Å². The highest BCUT2D eigenvalue weighted by Crippen LogP contribution is 2.20. The summed E-state index contributed by atoms with van der Waals surface area (Å²) in [7, 11) is -3.82. The van der Waals surface area contributed by atoms with E-state index in [0.717, 1.165) is 24.1 Å². The first kappa shape index (κ1) is 30.5.